The Morgan fingerprint density at radius 2 is 2.21 bits per heavy atom. The molecule has 3 heteroatoms. The summed E-state index contributed by atoms with van der Waals surface area (Å²) in [7, 11) is 0. The van der Waals surface area contributed by atoms with E-state index in [-0.39, 0.29) is 0 Å². The van der Waals surface area contributed by atoms with Crippen LogP contribution in [0.1, 0.15) is 12.5 Å². The standard InChI is InChI=1S/C11H13NO2/c1-2-14-11(9-13)4-3-10-5-7-12-8-6-10/h3-9,11H,2H2,1H3. The number of aldehydes is 1. The lowest BCUT2D eigenvalue weighted by Gasteiger charge is -2.03. The Bertz CT molecular complexity index is 295. The van der Waals surface area contributed by atoms with Gasteiger partial charge < -0.3 is 9.53 Å². The summed E-state index contributed by atoms with van der Waals surface area (Å²) in [5.41, 5.74) is 1.01. The highest BCUT2D eigenvalue weighted by Gasteiger charge is 1.99. The van der Waals surface area contributed by atoms with E-state index in [1.165, 1.54) is 0 Å². The summed E-state index contributed by atoms with van der Waals surface area (Å²) in [6.07, 6.45) is 7.31. The molecule has 3 nitrogen and oxygen atoms in total. The molecule has 0 saturated carbocycles. The average molecular weight is 191 g/mol. The molecule has 0 bridgehead atoms. The molecule has 74 valence electrons. The Morgan fingerprint density at radius 1 is 1.50 bits per heavy atom. The predicted octanol–water partition coefficient (Wildman–Crippen LogP) is 1.70. The zero-order chi connectivity index (χ0) is 10.2. The van der Waals surface area contributed by atoms with Gasteiger partial charge in [-0.15, -0.1) is 0 Å². The second-order valence-electron chi connectivity index (χ2n) is 2.70. The predicted molar refractivity (Wildman–Crippen MR) is 54.7 cm³/mol. The van der Waals surface area contributed by atoms with Gasteiger partial charge in [0.1, 0.15) is 6.10 Å². The summed E-state index contributed by atoms with van der Waals surface area (Å²) in [6.45, 7) is 2.39. The van der Waals surface area contributed by atoms with Crippen LogP contribution in [-0.2, 0) is 9.53 Å². The molecule has 0 amide bonds. The SMILES string of the molecule is CCOC(C=O)C=Cc1ccncc1. The Morgan fingerprint density at radius 3 is 2.79 bits per heavy atom. The molecule has 0 aliphatic carbocycles. The molecule has 14 heavy (non-hydrogen) atoms. The van der Waals surface area contributed by atoms with Crippen LogP contribution in [0.5, 0.6) is 0 Å². The van der Waals surface area contributed by atoms with Crippen LogP contribution in [0.4, 0.5) is 0 Å². The van der Waals surface area contributed by atoms with Gasteiger partial charge in [-0.05, 0) is 30.7 Å². The first kappa shape index (κ1) is 10.6. The summed E-state index contributed by atoms with van der Waals surface area (Å²) in [5, 5.41) is 0. The molecule has 1 aromatic rings. The number of nitrogens with zero attached hydrogens (tertiary/aromatic N) is 1. The van der Waals surface area contributed by atoms with Gasteiger partial charge in [-0.25, -0.2) is 0 Å². The molecule has 0 N–H and O–H groups in total. The fourth-order valence-corrected chi connectivity index (χ4v) is 1.01. The van der Waals surface area contributed by atoms with Gasteiger partial charge in [0.2, 0.25) is 0 Å². The zero-order valence-corrected chi connectivity index (χ0v) is 8.09. The lowest BCUT2D eigenvalue weighted by Crippen LogP contribution is -2.10. The first-order chi connectivity index (χ1) is 6.86. The number of hydrogen-bond acceptors (Lipinski definition) is 3. The van der Waals surface area contributed by atoms with Gasteiger partial charge in [-0.3, -0.25) is 4.98 Å². The van der Waals surface area contributed by atoms with Crippen molar-refractivity contribution in [2.75, 3.05) is 6.61 Å². The number of ether oxygens (including phenoxy) is 1. The normalized spacial score (nSPS) is 12.9. The van der Waals surface area contributed by atoms with Gasteiger partial charge in [0.15, 0.2) is 6.29 Å². The second kappa shape index (κ2) is 6.05. The lowest BCUT2D eigenvalue weighted by atomic mass is 10.2. The summed E-state index contributed by atoms with van der Waals surface area (Å²) in [5.74, 6) is 0. The molecule has 0 aliphatic rings. The molecule has 0 aromatic carbocycles. The fourth-order valence-electron chi connectivity index (χ4n) is 1.01. The van der Waals surface area contributed by atoms with Crippen LogP contribution < -0.4 is 0 Å². The van der Waals surface area contributed by atoms with E-state index < -0.39 is 6.10 Å². The van der Waals surface area contributed by atoms with Gasteiger partial charge in [-0.1, -0.05) is 6.08 Å². The van der Waals surface area contributed by atoms with Crippen molar-refractivity contribution in [2.45, 2.75) is 13.0 Å². The van der Waals surface area contributed by atoms with E-state index in [2.05, 4.69) is 4.98 Å². The Labute approximate surface area is 83.4 Å². The number of rotatable bonds is 5. The zero-order valence-electron chi connectivity index (χ0n) is 8.09. The van der Waals surface area contributed by atoms with Crippen LogP contribution in [-0.4, -0.2) is 24.0 Å². The van der Waals surface area contributed by atoms with Crippen LogP contribution in [0.15, 0.2) is 30.6 Å². The van der Waals surface area contributed by atoms with E-state index >= 15 is 0 Å². The largest absolute Gasteiger partial charge is 0.367 e. The molecule has 1 aromatic heterocycles. The summed E-state index contributed by atoms with van der Waals surface area (Å²) in [4.78, 5) is 14.4. The van der Waals surface area contributed by atoms with Gasteiger partial charge in [0, 0.05) is 19.0 Å². The third kappa shape index (κ3) is 3.49. The molecular weight excluding hydrogens is 178 g/mol. The van der Waals surface area contributed by atoms with Crippen LogP contribution in [0.3, 0.4) is 0 Å². The van der Waals surface area contributed by atoms with Crippen molar-refractivity contribution in [1.29, 1.82) is 0 Å². The minimum Gasteiger partial charge on any atom is -0.367 e. The van der Waals surface area contributed by atoms with Gasteiger partial charge in [0.25, 0.3) is 0 Å². The minimum absolute atomic E-state index is 0.451. The van der Waals surface area contributed by atoms with Crippen molar-refractivity contribution >= 4 is 12.4 Å². The highest BCUT2D eigenvalue weighted by atomic mass is 16.5. The number of hydrogen-bond donors (Lipinski definition) is 0. The Kier molecular flexibility index (Phi) is 4.58. The second-order valence-corrected chi connectivity index (χ2v) is 2.70. The molecule has 1 unspecified atom stereocenters. The third-order valence-electron chi connectivity index (χ3n) is 1.68. The third-order valence-corrected chi connectivity index (χ3v) is 1.68. The highest BCUT2D eigenvalue weighted by Crippen LogP contribution is 2.01. The molecule has 0 aliphatic heterocycles. The summed E-state index contributed by atoms with van der Waals surface area (Å²) < 4.78 is 5.14. The van der Waals surface area contributed by atoms with Gasteiger partial charge in [-0.2, -0.15) is 0 Å². The summed E-state index contributed by atoms with van der Waals surface area (Å²) >= 11 is 0. The van der Waals surface area contributed by atoms with Gasteiger partial charge in [0.05, 0.1) is 0 Å². The van der Waals surface area contributed by atoms with Crippen LogP contribution in [0.2, 0.25) is 0 Å². The molecule has 1 heterocycles. The molecule has 1 atom stereocenters. The molecule has 0 spiro atoms. The van der Waals surface area contributed by atoms with Crippen molar-refractivity contribution < 1.29 is 9.53 Å². The minimum atomic E-state index is -0.451. The van der Waals surface area contributed by atoms with Crippen molar-refractivity contribution in [3.8, 4) is 0 Å². The van der Waals surface area contributed by atoms with Crippen molar-refractivity contribution in [1.82, 2.24) is 4.98 Å². The maximum absolute atomic E-state index is 10.5. The van der Waals surface area contributed by atoms with Crippen molar-refractivity contribution in [2.24, 2.45) is 0 Å². The van der Waals surface area contributed by atoms with E-state index in [0.717, 1.165) is 11.8 Å². The highest BCUT2D eigenvalue weighted by molar-refractivity contribution is 5.63. The molecule has 0 saturated heterocycles. The first-order valence-electron chi connectivity index (χ1n) is 4.52. The van der Waals surface area contributed by atoms with E-state index in [0.29, 0.717) is 6.61 Å². The first-order valence-corrected chi connectivity index (χ1v) is 4.52. The molecule has 0 fully saturated rings. The molecular formula is C11H13NO2. The Balaban J connectivity index is 2.58. The number of carbonyl (C=O) groups excluding carboxylic acids is 1. The van der Waals surface area contributed by atoms with Crippen LogP contribution in [0.25, 0.3) is 6.08 Å². The Hall–Kier alpha value is -1.48. The quantitative estimate of drug-likeness (QED) is 0.665. The van der Waals surface area contributed by atoms with Crippen LogP contribution in [0, 0.1) is 0 Å². The number of carbonyl (C=O) groups is 1. The van der Waals surface area contributed by atoms with Gasteiger partial charge >= 0.3 is 0 Å². The van der Waals surface area contributed by atoms with E-state index in [9.17, 15) is 4.79 Å². The molecule has 0 radical (unpaired) electrons. The lowest BCUT2D eigenvalue weighted by molar-refractivity contribution is -0.115. The van der Waals surface area contributed by atoms with E-state index in [1.54, 1.807) is 18.5 Å². The topological polar surface area (TPSA) is 39.2 Å². The summed E-state index contributed by atoms with van der Waals surface area (Å²) in [6, 6.07) is 3.73. The maximum Gasteiger partial charge on any atom is 0.152 e. The fraction of sp³-hybridized carbons (Fsp3) is 0.273. The number of aromatic nitrogens is 1. The average Bonchev–Trinajstić information content (AvgIpc) is 2.25. The van der Waals surface area contributed by atoms with Crippen molar-refractivity contribution in [3.63, 3.8) is 0 Å². The van der Waals surface area contributed by atoms with E-state index in [1.807, 2.05) is 25.1 Å². The maximum atomic E-state index is 10.5. The van der Waals surface area contributed by atoms with E-state index in [4.69, 9.17) is 4.74 Å². The number of pyridine rings is 1. The smallest absolute Gasteiger partial charge is 0.152 e. The molecule has 1 rings (SSSR count). The van der Waals surface area contributed by atoms with Crippen LogP contribution >= 0.6 is 0 Å². The monoisotopic (exact) mass is 191 g/mol. The van der Waals surface area contributed by atoms with Crippen molar-refractivity contribution in [3.05, 3.63) is 36.2 Å².